The van der Waals surface area contributed by atoms with Crippen LogP contribution in [-0.4, -0.2) is 15.7 Å². The molecule has 1 atom stereocenters. The lowest BCUT2D eigenvalue weighted by Crippen LogP contribution is -2.25. The van der Waals surface area contributed by atoms with Crippen molar-refractivity contribution < 1.29 is 4.79 Å². The number of aromatic nitrogens is 2. The largest absolute Gasteiger partial charge is 0.323 e. The number of benzene rings is 2. The molecule has 1 N–H and O–H groups in total. The van der Waals surface area contributed by atoms with E-state index < -0.39 is 6.04 Å². The fourth-order valence-corrected chi connectivity index (χ4v) is 3.83. The first-order valence-electron chi connectivity index (χ1n) is 8.31. The van der Waals surface area contributed by atoms with Crippen LogP contribution in [0, 0.1) is 13.8 Å². The van der Waals surface area contributed by atoms with E-state index in [-0.39, 0.29) is 5.91 Å². The van der Waals surface area contributed by atoms with Gasteiger partial charge in [-0.1, -0.05) is 42.1 Å². The van der Waals surface area contributed by atoms with E-state index in [0.717, 1.165) is 31.3 Å². The first-order valence-corrected chi connectivity index (χ1v) is 9.92. The highest BCUT2D eigenvalue weighted by atomic mass is 79.9. The Labute approximate surface area is 166 Å². The van der Waals surface area contributed by atoms with Crippen LogP contribution in [0.4, 0.5) is 5.69 Å². The van der Waals surface area contributed by atoms with Crippen molar-refractivity contribution in [3.8, 4) is 0 Å². The second-order valence-corrected chi connectivity index (χ2v) is 7.91. The predicted molar refractivity (Wildman–Crippen MR) is 110 cm³/mol. The molecule has 1 aromatic heterocycles. The molecule has 0 radical (unpaired) electrons. The van der Waals surface area contributed by atoms with Crippen molar-refractivity contribution in [1.29, 1.82) is 0 Å². The lowest BCUT2D eigenvalue weighted by Gasteiger charge is -2.16. The lowest BCUT2D eigenvalue weighted by molar-refractivity contribution is -0.119. The fraction of sp³-hybridized carbons (Fsp3) is 0.200. The van der Waals surface area contributed by atoms with Crippen molar-refractivity contribution in [3.05, 3.63) is 70.5 Å². The molecule has 0 bridgehead atoms. The molecule has 1 unspecified atom stereocenters. The minimum absolute atomic E-state index is 0.0933. The maximum absolute atomic E-state index is 12.8. The molecule has 0 saturated carbocycles. The van der Waals surface area contributed by atoms with Gasteiger partial charge < -0.3 is 5.32 Å². The van der Waals surface area contributed by atoms with E-state index in [1.165, 1.54) is 0 Å². The molecule has 6 heteroatoms. The first-order chi connectivity index (χ1) is 12.5. The summed E-state index contributed by atoms with van der Waals surface area (Å²) in [4.78, 5) is 14.9. The Balaban J connectivity index is 1.80. The SMILES string of the molecule is Cc1nn(C(C)C(=O)Nc2ccccc2Sc2ccccc2)c(C)c1Br. The number of halogens is 1. The molecule has 0 spiro atoms. The number of nitrogens with zero attached hydrogens (tertiary/aromatic N) is 2. The highest BCUT2D eigenvalue weighted by Crippen LogP contribution is 2.33. The van der Waals surface area contributed by atoms with E-state index in [2.05, 4.69) is 38.5 Å². The molecule has 3 aromatic rings. The third-order valence-corrected chi connectivity index (χ3v) is 6.33. The zero-order chi connectivity index (χ0) is 18.7. The number of nitrogens with one attached hydrogen (secondary N) is 1. The van der Waals surface area contributed by atoms with E-state index in [4.69, 9.17) is 0 Å². The number of hydrogen-bond acceptors (Lipinski definition) is 3. The smallest absolute Gasteiger partial charge is 0.248 e. The summed E-state index contributed by atoms with van der Waals surface area (Å²) in [7, 11) is 0. The molecule has 0 saturated heterocycles. The predicted octanol–water partition coefficient (Wildman–Crippen LogP) is 5.61. The van der Waals surface area contributed by atoms with Gasteiger partial charge in [0, 0.05) is 9.79 Å². The molecule has 0 aliphatic carbocycles. The van der Waals surface area contributed by atoms with Crippen molar-refractivity contribution in [1.82, 2.24) is 9.78 Å². The van der Waals surface area contributed by atoms with Crippen LogP contribution in [0.2, 0.25) is 0 Å². The standard InChI is InChI=1S/C20H20BrN3OS/c1-13-19(21)14(2)24(23-13)15(3)20(25)22-17-11-7-8-12-18(17)26-16-9-5-4-6-10-16/h4-12,15H,1-3H3,(H,22,25). The summed E-state index contributed by atoms with van der Waals surface area (Å²) in [6.07, 6.45) is 0. The Kier molecular flexibility index (Phi) is 5.84. The minimum Gasteiger partial charge on any atom is -0.323 e. The Bertz CT molecular complexity index is 924. The summed E-state index contributed by atoms with van der Waals surface area (Å²) in [6.45, 7) is 5.73. The van der Waals surface area contributed by atoms with Gasteiger partial charge >= 0.3 is 0 Å². The van der Waals surface area contributed by atoms with Crippen LogP contribution in [0.3, 0.4) is 0 Å². The monoisotopic (exact) mass is 429 g/mol. The van der Waals surface area contributed by atoms with Gasteiger partial charge in [-0.25, -0.2) is 0 Å². The summed E-state index contributed by atoms with van der Waals surface area (Å²) < 4.78 is 2.69. The van der Waals surface area contributed by atoms with Crippen LogP contribution < -0.4 is 5.32 Å². The first kappa shape index (κ1) is 18.7. The number of amides is 1. The van der Waals surface area contributed by atoms with Crippen LogP contribution in [0.15, 0.2) is 68.9 Å². The average molecular weight is 430 g/mol. The van der Waals surface area contributed by atoms with Crippen LogP contribution in [0.1, 0.15) is 24.4 Å². The molecule has 0 aliphatic rings. The Morgan fingerprint density at radius 1 is 1.12 bits per heavy atom. The minimum atomic E-state index is -0.408. The summed E-state index contributed by atoms with van der Waals surface area (Å²) >= 11 is 5.14. The van der Waals surface area contributed by atoms with E-state index in [9.17, 15) is 4.79 Å². The normalized spacial score (nSPS) is 12.0. The number of hydrogen-bond donors (Lipinski definition) is 1. The summed E-state index contributed by atoms with van der Waals surface area (Å²) in [5, 5.41) is 7.52. The van der Waals surface area contributed by atoms with Gasteiger partial charge in [0.1, 0.15) is 6.04 Å². The molecule has 26 heavy (non-hydrogen) atoms. The maximum atomic E-state index is 12.8. The van der Waals surface area contributed by atoms with Crippen molar-refractivity contribution in [3.63, 3.8) is 0 Å². The molecule has 4 nitrogen and oxygen atoms in total. The average Bonchev–Trinajstić information content (AvgIpc) is 2.91. The van der Waals surface area contributed by atoms with E-state index in [1.54, 1.807) is 16.4 Å². The fourth-order valence-electron chi connectivity index (χ4n) is 2.64. The van der Waals surface area contributed by atoms with E-state index in [0.29, 0.717) is 0 Å². The maximum Gasteiger partial charge on any atom is 0.248 e. The van der Waals surface area contributed by atoms with Gasteiger partial charge in [-0.05, 0) is 61.0 Å². The van der Waals surface area contributed by atoms with Gasteiger partial charge in [0.2, 0.25) is 5.91 Å². The van der Waals surface area contributed by atoms with Crippen molar-refractivity contribution in [2.24, 2.45) is 0 Å². The number of rotatable bonds is 5. The zero-order valence-corrected chi connectivity index (χ0v) is 17.3. The quantitative estimate of drug-likeness (QED) is 0.572. The molecule has 1 heterocycles. The number of carbonyl (C=O) groups excluding carboxylic acids is 1. The lowest BCUT2D eigenvalue weighted by atomic mass is 10.2. The van der Waals surface area contributed by atoms with Gasteiger partial charge in [-0.2, -0.15) is 5.10 Å². The Morgan fingerprint density at radius 2 is 1.77 bits per heavy atom. The van der Waals surface area contributed by atoms with Crippen LogP contribution in [0.5, 0.6) is 0 Å². The molecule has 3 rings (SSSR count). The molecule has 0 aliphatic heterocycles. The summed E-state index contributed by atoms with van der Waals surface area (Å²) in [5.41, 5.74) is 2.62. The van der Waals surface area contributed by atoms with Gasteiger partial charge in [-0.15, -0.1) is 0 Å². The van der Waals surface area contributed by atoms with Gasteiger partial charge in [0.15, 0.2) is 0 Å². The Hall–Kier alpha value is -2.05. The topological polar surface area (TPSA) is 46.9 Å². The highest BCUT2D eigenvalue weighted by molar-refractivity contribution is 9.10. The number of aryl methyl sites for hydroxylation is 1. The number of para-hydroxylation sites is 1. The number of anilines is 1. The number of carbonyl (C=O) groups is 1. The summed E-state index contributed by atoms with van der Waals surface area (Å²) in [6, 6.07) is 17.5. The van der Waals surface area contributed by atoms with Crippen LogP contribution in [0.25, 0.3) is 0 Å². The van der Waals surface area contributed by atoms with Gasteiger partial charge in [-0.3, -0.25) is 9.48 Å². The molecular weight excluding hydrogens is 410 g/mol. The zero-order valence-electron chi connectivity index (χ0n) is 14.9. The summed E-state index contributed by atoms with van der Waals surface area (Å²) in [5.74, 6) is -0.0933. The third kappa shape index (κ3) is 4.02. The van der Waals surface area contributed by atoms with E-state index in [1.807, 2.05) is 63.2 Å². The molecule has 1 amide bonds. The van der Waals surface area contributed by atoms with Crippen molar-refractivity contribution >= 4 is 39.3 Å². The Morgan fingerprint density at radius 3 is 2.42 bits per heavy atom. The molecule has 2 aromatic carbocycles. The highest BCUT2D eigenvalue weighted by Gasteiger charge is 2.21. The second kappa shape index (κ2) is 8.10. The third-order valence-electron chi connectivity index (χ3n) is 4.10. The van der Waals surface area contributed by atoms with Gasteiger partial charge in [0.05, 0.1) is 21.5 Å². The van der Waals surface area contributed by atoms with E-state index >= 15 is 0 Å². The van der Waals surface area contributed by atoms with Crippen molar-refractivity contribution in [2.75, 3.05) is 5.32 Å². The van der Waals surface area contributed by atoms with Crippen LogP contribution >= 0.6 is 27.7 Å². The van der Waals surface area contributed by atoms with Crippen LogP contribution in [-0.2, 0) is 4.79 Å². The molecular formula is C20H20BrN3OS. The second-order valence-electron chi connectivity index (χ2n) is 6.01. The van der Waals surface area contributed by atoms with Gasteiger partial charge in [0.25, 0.3) is 0 Å². The molecule has 0 fully saturated rings. The molecule has 134 valence electrons. The van der Waals surface area contributed by atoms with Crippen molar-refractivity contribution in [2.45, 2.75) is 36.6 Å².